The summed E-state index contributed by atoms with van der Waals surface area (Å²) in [6.45, 7) is 0.679. The normalized spacial score (nSPS) is 11.0. The Hall–Kier alpha value is -1.59. The number of hydrogen-bond acceptors (Lipinski definition) is 3. The van der Waals surface area contributed by atoms with Crippen LogP contribution in [-0.4, -0.2) is 17.0 Å². The summed E-state index contributed by atoms with van der Waals surface area (Å²) in [4.78, 5) is 13.4. The van der Waals surface area contributed by atoms with Gasteiger partial charge in [0.2, 0.25) is 0 Å². The van der Waals surface area contributed by atoms with Gasteiger partial charge >= 0.3 is 0 Å². The maximum atomic E-state index is 12.1. The highest BCUT2D eigenvalue weighted by molar-refractivity contribution is 7.17. The van der Waals surface area contributed by atoms with E-state index in [1.165, 1.54) is 4.88 Å². The van der Waals surface area contributed by atoms with E-state index in [2.05, 4.69) is 16.8 Å². The second kappa shape index (κ2) is 5.19. The first-order valence-electron chi connectivity index (χ1n) is 6.09. The molecule has 0 bridgehead atoms. The predicted octanol–water partition coefficient (Wildman–Crippen LogP) is 3.27. The number of fused-ring (bicyclic) bond motifs is 1. The van der Waals surface area contributed by atoms with Gasteiger partial charge in [-0.25, -0.2) is 0 Å². The van der Waals surface area contributed by atoms with Crippen molar-refractivity contribution in [3.05, 3.63) is 45.6 Å². The van der Waals surface area contributed by atoms with Crippen LogP contribution in [0.5, 0.6) is 0 Å². The molecule has 3 heterocycles. The topological polar surface area (TPSA) is 34.0 Å². The number of thiophene rings is 2. The molecule has 1 N–H and O–H groups in total. The second-order valence-corrected chi connectivity index (χ2v) is 6.32. The minimum absolute atomic E-state index is 0.00227. The van der Waals surface area contributed by atoms with Crippen molar-refractivity contribution in [1.29, 1.82) is 0 Å². The number of hydrogen-bond donors (Lipinski definition) is 1. The van der Waals surface area contributed by atoms with Crippen LogP contribution >= 0.6 is 22.7 Å². The molecule has 0 fully saturated rings. The van der Waals surface area contributed by atoms with Crippen LogP contribution in [0.4, 0.5) is 0 Å². The first-order chi connectivity index (χ1) is 9.25. The fourth-order valence-corrected chi connectivity index (χ4v) is 3.67. The summed E-state index contributed by atoms with van der Waals surface area (Å²) in [5.41, 5.74) is 1.85. The minimum atomic E-state index is 0.00227. The molecule has 19 heavy (non-hydrogen) atoms. The maximum Gasteiger partial charge on any atom is 0.267 e. The van der Waals surface area contributed by atoms with Crippen LogP contribution in [0.1, 0.15) is 15.4 Å². The summed E-state index contributed by atoms with van der Waals surface area (Å²) in [6.07, 6.45) is 0.891. The van der Waals surface area contributed by atoms with E-state index in [1.807, 2.05) is 35.2 Å². The highest BCUT2D eigenvalue weighted by atomic mass is 32.1. The van der Waals surface area contributed by atoms with Gasteiger partial charge in [0.25, 0.3) is 5.91 Å². The third-order valence-electron chi connectivity index (χ3n) is 3.13. The average molecular weight is 290 g/mol. The number of aryl methyl sites for hydroxylation is 1. The molecule has 0 saturated carbocycles. The Morgan fingerprint density at radius 3 is 2.95 bits per heavy atom. The van der Waals surface area contributed by atoms with Crippen LogP contribution in [0, 0.1) is 0 Å². The third-order valence-corrected chi connectivity index (χ3v) is 4.92. The van der Waals surface area contributed by atoms with E-state index in [9.17, 15) is 4.79 Å². The highest BCUT2D eigenvalue weighted by Crippen LogP contribution is 2.23. The molecule has 3 rings (SSSR count). The molecule has 0 aliphatic heterocycles. The lowest BCUT2D eigenvalue weighted by molar-refractivity contribution is 0.0946. The first kappa shape index (κ1) is 12.4. The third kappa shape index (κ3) is 2.43. The molecule has 0 unspecified atom stereocenters. The summed E-state index contributed by atoms with van der Waals surface area (Å²) >= 11 is 3.39. The molecule has 1 amide bonds. The number of carbonyl (C=O) groups is 1. The van der Waals surface area contributed by atoms with Crippen molar-refractivity contribution < 1.29 is 4.79 Å². The van der Waals surface area contributed by atoms with Gasteiger partial charge in [-0.2, -0.15) is 0 Å². The molecule has 0 aliphatic rings. The second-order valence-electron chi connectivity index (χ2n) is 4.34. The molecule has 3 nitrogen and oxygen atoms in total. The molecule has 0 atom stereocenters. The van der Waals surface area contributed by atoms with E-state index in [-0.39, 0.29) is 5.91 Å². The van der Waals surface area contributed by atoms with Crippen molar-refractivity contribution in [3.63, 3.8) is 0 Å². The number of amides is 1. The Morgan fingerprint density at radius 1 is 1.32 bits per heavy atom. The number of nitrogens with one attached hydrogen (secondary N) is 1. The fourth-order valence-electron chi connectivity index (χ4n) is 2.11. The van der Waals surface area contributed by atoms with Gasteiger partial charge in [-0.3, -0.25) is 4.79 Å². The molecular formula is C14H14N2OS2. The molecule has 0 aliphatic carbocycles. The van der Waals surface area contributed by atoms with Crippen molar-refractivity contribution in [2.75, 3.05) is 6.54 Å². The minimum Gasteiger partial charge on any atom is -0.350 e. The largest absolute Gasteiger partial charge is 0.350 e. The smallest absolute Gasteiger partial charge is 0.267 e. The zero-order chi connectivity index (χ0) is 13.2. The van der Waals surface area contributed by atoms with E-state index in [1.54, 1.807) is 22.7 Å². The summed E-state index contributed by atoms with van der Waals surface area (Å²) in [5, 5.41) is 7.08. The number of aromatic nitrogens is 1. The standard InChI is InChI=1S/C14H14N2OS2/c1-16-11-5-8-19-13(11)9-12(16)14(17)15-6-4-10-3-2-7-18-10/h2-3,5,7-9H,4,6H2,1H3,(H,15,17). The Bertz CT molecular complexity index is 694. The molecular weight excluding hydrogens is 276 g/mol. The van der Waals surface area contributed by atoms with Crippen LogP contribution in [0.15, 0.2) is 35.0 Å². The Balaban J connectivity index is 1.66. The summed E-state index contributed by atoms with van der Waals surface area (Å²) in [7, 11) is 1.93. The SMILES string of the molecule is Cn1c(C(=O)NCCc2cccs2)cc2sccc21. The van der Waals surface area contributed by atoms with Gasteiger partial charge in [0.05, 0.1) is 10.2 Å². The summed E-state index contributed by atoms with van der Waals surface area (Å²) in [6, 6.07) is 8.13. The van der Waals surface area contributed by atoms with Crippen LogP contribution in [0.3, 0.4) is 0 Å². The highest BCUT2D eigenvalue weighted by Gasteiger charge is 2.13. The number of nitrogens with zero attached hydrogens (tertiary/aromatic N) is 1. The molecule has 3 aromatic heterocycles. The van der Waals surface area contributed by atoms with Gasteiger partial charge in [0, 0.05) is 18.5 Å². The maximum absolute atomic E-state index is 12.1. The van der Waals surface area contributed by atoms with E-state index in [4.69, 9.17) is 0 Å². The van der Waals surface area contributed by atoms with E-state index in [0.717, 1.165) is 22.3 Å². The molecule has 0 aromatic carbocycles. The van der Waals surface area contributed by atoms with Crippen molar-refractivity contribution in [1.82, 2.24) is 9.88 Å². The fraction of sp³-hybridized carbons (Fsp3) is 0.214. The zero-order valence-electron chi connectivity index (χ0n) is 10.6. The van der Waals surface area contributed by atoms with E-state index < -0.39 is 0 Å². The Labute approximate surface area is 119 Å². The average Bonchev–Trinajstić information content (AvgIpc) is 3.09. The first-order valence-corrected chi connectivity index (χ1v) is 7.85. The monoisotopic (exact) mass is 290 g/mol. The molecule has 0 saturated heterocycles. The molecule has 0 spiro atoms. The predicted molar refractivity (Wildman–Crippen MR) is 81.2 cm³/mol. The van der Waals surface area contributed by atoms with E-state index in [0.29, 0.717) is 6.54 Å². The lowest BCUT2D eigenvalue weighted by atomic mass is 10.3. The van der Waals surface area contributed by atoms with Crippen LogP contribution in [-0.2, 0) is 13.5 Å². The van der Waals surface area contributed by atoms with Gasteiger partial charge in [0.15, 0.2) is 0 Å². The van der Waals surface area contributed by atoms with Crippen molar-refractivity contribution in [2.45, 2.75) is 6.42 Å². The lowest BCUT2D eigenvalue weighted by Gasteiger charge is -2.05. The zero-order valence-corrected chi connectivity index (χ0v) is 12.2. The van der Waals surface area contributed by atoms with E-state index >= 15 is 0 Å². The van der Waals surface area contributed by atoms with Crippen LogP contribution in [0.25, 0.3) is 10.2 Å². The lowest BCUT2D eigenvalue weighted by Crippen LogP contribution is -2.27. The molecule has 3 aromatic rings. The number of rotatable bonds is 4. The van der Waals surface area contributed by atoms with Crippen LogP contribution < -0.4 is 5.32 Å². The van der Waals surface area contributed by atoms with Crippen molar-refractivity contribution in [3.8, 4) is 0 Å². The van der Waals surface area contributed by atoms with Gasteiger partial charge in [0.1, 0.15) is 5.69 Å². The van der Waals surface area contributed by atoms with Crippen molar-refractivity contribution in [2.24, 2.45) is 7.05 Å². The van der Waals surface area contributed by atoms with Gasteiger partial charge in [-0.15, -0.1) is 22.7 Å². The van der Waals surface area contributed by atoms with Crippen molar-refractivity contribution >= 4 is 38.8 Å². The summed E-state index contributed by atoms with van der Waals surface area (Å²) in [5.74, 6) is 0.00227. The number of carbonyl (C=O) groups excluding carboxylic acids is 1. The van der Waals surface area contributed by atoms with Gasteiger partial charge in [-0.1, -0.05) is 6.07 Å². The van der Waals surface area contributed by atoms with Gasteiger partial charge < -0.3 is 9.88 Å². The summed E-state index contributed by atoms with van der Waals surface area (Å²) < 4.78 is 3.11. The van der Waals surface area contributed by atoms with Gasteiger partial charge in [-0.05, 0) is 35.4 Å². The molecule has 0 radical (unpaired) electrons. The molecule has 5 heteroatoms. The quantitative estimate of drug-likeness (QED) is 0.786. The van der Waals surface area contributed by atoms with Crippen LogP contribution in [0.2, 0.25) is 0 Å². The molecule has 98 valence electrons. The Morgan fingerprint density at radius 2 is 2.21 bits per heavy atom. The Kier molecular flexibility index (Phi) is 3.40.